The first-order valence-electron chi connectivity index (χ1n) is 8.26. The topological polar surface area (TPSA) is 31.2 Å². The van der Waals surface area contributed by atoms with Crippen LogP contribution in [0.3, 0.4) is 0 Å². The first kappa shape index (κ1) is 14.8. The molecule has 1 fully saturated rings. The predicted molar refractivity (Wildman–Crippen MR) is 83.8 cm³/mol. The fourth-order valence-electron chi connectivity index (χ4n) is 3.38. The number of aryl methyl sites for hydroxylation is 1. The number of rotatable bonds is 6. The normalized spacial score (nSPS) is 20.6. The van der Waals surface area contributed by atoms with E-state index in [2.05, 4.69) is 31.4 Å². The Morgan fingerprint density at radius 1 is 1.33 bits per heavy atom. The van der Waals surface area contributed by atoms with Crippen molar-refractivity contribution in [1.29, 1.82) is 0 Å². The van der Waals surface area contributed by atoms with E-state index in [0.29, 0.717) is 12.2 Å². The summed E-state index contributed by atoms with van der Waals surface area (Å²) in [6, 6.07) is 2.08. The van der Waals surface area contributed by atoms with Crippen molar-refractivity contribution < 1.29 is 9.53 Å². The summed E-state index contributed by atoms with van der Waals surface area (Å²) in [5.41, 5.74) is 3.52. The van der Waals surface area contributed by atoms with E-state index >= 15 is 0 Å². The lowest BCUT2D eigenvalue weighted by Crippen LogP contribution is -2.28. The fraction of sp³-hybridized carbons (Fsp3) is 0.722. The maximum atomic E-state index is 12.3. The van der Waals surface area contributed by atoms with Gasteiger partial charge in [-0.2, -0.15) is 0 Å². The largest absolute Gasteiger partial charge is 0.381 e. The van der Waals surface area contributed by atoms with Crippen molar-refractivity contribution >= 4 is 5.78 Å². The van der Waals surface area contributed by atoms with Gasteiger partial charge in [-0.1, -0.05) is 13.8 Å². The molecule has 3 heteroatoms. The molecule has 0 saturated heterocycles. The van der Waals surface area contributed by atoms with Gasteiger partial charge in [0.15, 0.2) is 5.78 Å². The van der Waals surface area contributed by atoms with Crippen molar-refractivity contribution in [3.63, 3.8) is 0 Å². The summed E-state index contributed by atoms with van der Waals surface area (Å²) in [5.74, 6) is 1.15. The highest BCUT2D eigenvalue weighted by atomic mass is 16.5. The molecular formula is C18H27NO2. The SMILES string of the molecule is Cc1cc2c(n1CCCOCC1CC1)CC(C)(C)CC2=O. The molecular weight excluding hydrogens is 262 g/mol. The van der Waals surface area contributed by atoms with Crippen LogP contribution < -0.4 is 0 Å². The van der Waals surface area contributed by atoms with E-state index in [1.54, 1.807) is 0 Å². The summed E-state index contributed by atoms with van der Waals surface area (Å²) in [6.45, 7) is 9.24. The summed E-state index contributed by atoms with van der Waals surface area (Å²) < 4.78 is 8.06. The van der Waals surface area contributed by atoms with Crippen LogP contribution in [0.4, 0.5) is 0 Å². The van der Waals surface area contributed by atoms with Gasteiger partial charge in [-0.3, -0.25) is 4.79 Å². The van der Waals surface area contributed by atoms with Gasteiger partial charge < -0.3 is 9.30 Å². The average Bonchev–Trinajstić information content (AvgIpc) is 3.15. The van der Waals surface area contributed by atoms with Crippen LogP contribution in [0.5, 0.6) is 0 Å². The van der Waals surface area contributed by atoms with Crippen LogP contribution in [0.2, 0.25) is 0 Å². The van der Waals surface area contributed by atoms with Crippen molar-refractivity contribution in [1.82, 2.24) is 4.57 Å². The van der Waals surface area contributed by atoms with Crippen LogP contribution >= 0.6 is 0 Å². The lowest BCUT2D eigenvalue weighted by atomic mass is 9.76. The quantitative estimate of drug-likeness (QED) is 0.747. The van der Waals surface area contributed by atoms with Gasteiger partial charge in [0.1, 0.15) is 0 Å². The van der Waals surface area contributed by atoms with Gasteiger partial charge in [0.2, 0.25) is 0 Å². The summed E-state index contributed by atoms with van der Waals surface area (Å²) in [5, 5.41) is 0. The Balaban J connectivity index is 1.63. The third-order valence-electron chi connectivity index (χ3n) is 4.72. The molecule has 21 heavy (non-hydrogen) atoms. The molecule has 1 heterocycles. The first-order valence-corrected chi connectivity index (χ1v) is 8.26. The zero-order chi connectivity index (χ0) is 15.0. The Morgan fingerprint density at radius 2 is 2.10 bits per heavy atom. The minimum Gasteiger partial charge on any atom is -0.381 e. The van der Waals surface area contributed by atoms with Crippen LogP contribution in [0.15, 0.2) is 6.07 Å². The molecule has 0 atom stereocenters. The molecule has 0 unspecified atom stereocenters. The fourth-order valence-corrected chi connectivity index (χ4v) is 3.38. The molecule has 0 radical (unpaired) electrons. The van der Waals surface area contributed by atoms with Crippen LogP contribution in [0.25, 0.3) is 0 Å². The van der Waals surface area contributed by atoms with E-state index in [9.17, 15) is 4.79 Å². The monoisotopic (exact) mass is 289 g/mol. The number of hydrogen-bond acceptors (Lipinski definition) is 2. The van der Waals surface area contributed by atoms with Gasteiger partial charge in [0, 0.05) is 43.1 Å². The molecule has 0 spiro atoms. The number of carbonyl (C=O) groups is 1. The van der Waals surface area contributed by atoms with Crippen molar-refractivity contribution in [3.8, 4) is 0 Å². The number of fused-ring (bicyclic) bond motifs is 1. The van der Waals surface area contributed by atoms with Crippen molar-refractivity contribution in [2.75, 3.05) is 13.2 Å². The second-order valence-electron chi connectivity index (χ2n) is 7.61. The van der Waals surface area contributed by atoms with Crippen molar-refractivity contribution in [3.05, 3.63) is 23.0 Å². The third kappa shape index (κ3) is 3.39. The van der Waals surface area contributed by atoms with Gasteiger partial charge in [-0.15, -0.1) is 0 Å². The molecule has 116 valence electrons. The van der Waals surface area contributed by atoms with E-state index in [-0.39, 0.29) is 5.41 Å². The van der Waals surface area contributed by atoms with Crippen LogP contribution in [0.1, 0.15) is 61.3 Å². The molecule has 1 saturated carbocycles. The number of nitrogens with zero attached hydrogens (tertiary/aromatic N) is 1. The molecule has 0 amide bonds. The molecule has 1 aromatic heterocycles. The number of hydrogen-bond donors (Lipinski definition) is 0. The number of aromatic nitrogens is 1. The smallest absolute Gasteiger partial charge is 0.165 e. The molecule has 3 nitrogen and oxygen atoms in total. The number of Topliss-reactive ketones (excluding diaryl/α,β-unsaturated/α-hetero) is 1. The lowest BCUT2D eigenvalue weighted by molar-refractivity contribution is 0.0909. The molecule has 2 aliphatic rings. The van der Waals surface area contributed by atoms with Gasteiger partial charge in [0.25, 0.3) is 0 Å². The molecule has 2 aliphatic carbocycles. The van der Waals surface area contributed by atoms with E-state index in [1.807, 2.05) is 0 Å². The van der Waals surface area contributed by atoms with Gasteiger partial charge in [0.05, 0.1) is 0 Å². The second-order valence-corrected chi connectivity index (χ2v) is 7.61. The zero-order valence-corrected chi connectivity index (χ0v) is 13.6. The van der Waals surface area contributed by atoms with Crippen molar-refractivity contribution in [2.24, 2.45) is 11.3 Å². The van der Waals surface area contributed by atoms with E-state index < -0.39 is 0 Å². The van der Waals surface area contributed by atoms with Crippen LogP contribution in [-0.2, 0) is 17.7 Å². The standard InChI is InChI=1S/C18H27NO2/c1-13-9-15-16(10-18(2,3)11-17(15)20)19(13)7-4-8-21-12-14-5-6-14/h9,14H,4-8,10-12H2,1-3H3. The number of ketones is 1. The van der Waals surface area contributed by atoms with Gasteiger partial charge in [-0.25, -0.2) is 0 Å². The predicted octanol–water partition coefficient (Wildman–Crippen LogP) is 3.77. The van der Waals surface area contributed by atoms with Gasteiger partial charge >= 0.3 is 0 Å². The molecule has 3 rings (SSSR count). The molecule has 0 N–H and O–H groups in total. The number of carbonyl (C=O) groups excluding carboxylic acids is 1. The minimum atomic E-state index is 0.0924. The summed E-state index contributed by atoms with van der Waals surface area (Å²) in [4.78, 5) is 12.3. The molecule has 0 aromatic carbocycles. The molecule has 1 aromatic rings. The highest BCUT2D eigenvalue weighted by Crippen LogP contribution is 2.36. The van der Waals surface area contributed by atoms with Crippen LogP contribution in [0, 0.1) is 18.3 Å². The first-order chi connectivity index (χ1) is 9.96. The second kappa shape index (κ2) is 5.60. The third-order valence-corrected chi connectivity index (χ3v) is 4.72. The van der Waals surface area contributed by atoms with E-state index in [0.717, 1.165) is 44.1 Å². The van der Waals surface area contributed by atoms with Crippen LogP contribution in [-0.4, -0.2) is 23.6 Å². The lowest BCUT2D eigenvalue weighted by Gasteiger charge is -2.30. The Labute approximate surface area is 127 Å². The zero-order valence-electron chi connectivity index (χ0n) is 13.6. The Morgan fingerprint density at radius 3 is 2.81 bits per heavy atom. The van der Waals surface area contributed by atoms with Crippen molar-refractivity contribution in [2.45, 2.75) is 59.4 Å². The maximum Gasteiger partial charge on any atom is 0.165 e. The summed E-state index contributed by atoms with van der Waals surface area (Å²) in [7, 11) is 0. The highest BCUT2D eigenvalue weighted by molar-refractivity contribution is 5.99. The Kier molecular flexibility index (Phi) is 3.96. The number of ether oxygens (including phenoxy) is 1. The van der Waals surface area contributed by atoms with E-state index in [1.165, 1.54) is 24.2 Å². The minimum absolute atomic E-state index is 0.0924. The highest BCUT2D eigenvalue weighted by Gasteiger charge is 2.33. The average molecular weight is 289 g/mol. The maximum absolute atomic E-state index is 12.3. The Bertz CT molecular complexity index is 538. The molecule has 0 aliphatic heterocycles. The molecule has 0 bridgehead atoms. The summed E-state index contributed by atoms with van der Waals surface area (Å²) >= 11 is 0. The Hall–Kier alpha value is -1.09. The van der Waals surface area contributed by atoms with E-state index in [4.69, 9.17) is 4.74 Å². The summed E-state index contributed by atoms with van der Waals surface area (Å²) in [6.07, 6.45) is 5.41. The van der Waals surface area contributed by atoms with Gasteiger partial charge in [-0.05, 0) is 50.0 Å².